The van der Waals surface area contributed by atoms with Gasteiger partial charge in [0.05, 0.1) is 33.4 Å². The van der Waals surface area contributed by atoms with Gasteiger partial charge in [0.25, 0.3) is 0 Å². The number of aromatic nitrogens is 3. The summed E-state index contributed by atoms with van der Waals surface area (Å²) in [7, 11) is 0. The Morgan fingerprint density at radius 3 is 0.692 bits per heavy atom. The van der Waals surface area contributed by atoms with Gasteiger partial charge in [0.2, 0.25) is 34.9 Å². The Morgan fingerprint density at radius 2 is 0.419 bits per heavy atom. The van der Waals surface area contributed by atoms with E-state index in [0.717, 1.165) is 0 Å². The molecule has 1 N–H and O–H groups in total. The van der Waals surface area contributed by atoms with E-state index in [1.54, 1.807) is 0 Å². The van der Waals surface area contributed by atoms with Crippen LogP contribution in [0.2, 0.25) is 0 Å². The molecule has 6 aromatic carbocycles. The fraction of sp³-hybridized carbons (Fsp3) is 0.0152. The number of fused-ring (bicyclic) bond motifs is 9. The van der Waals surface area contributed by atoms with E-state index in [1.165, 1.54) is 0 Å². The molecular formula is C66HCu2F42N6O. The topological polar surface area (TPSA) is 99.6 Å². The second-order valence-electron chi connectivity index (χ2n) is 22.9. The molecule has 13 rings (SSSR count). The Morgan fingerprint density at radius 1 is 0.205 bits per heavy atom. The SMILES string of the molecule is OC1(c2c(F)c(F)c(F)c(F)c2F)C2=NC(=C(c3c(F)c(F)c(F)c(F)c3F)c3[n-]c(c(F)c3F)/C(c3c(F)c(F)c(F)c(F)c3F)=C3N=C(C(F)=C/3F)/C(c3c(F)c(F)c(F)c(F)c3F)=c3/[n-]c(c(F)c3F)=C(c3c(F)c(F)c(F)c(F)c3F)C3=N/C(=C(/c4c(F)c(F)c(F)c(F)c4F)c4[n-]c1c(F)c4F)C(F)=C3F)C(F)=C2F.[Cu+2].[Cu+]. The van der Waals surface area contributed by atoms with Crippen molar-refractivity contribution in [3.05, 3.63) is 328 Å². The summed E-state index contributed by atoms with van der Waals surface area (Å²) in [5, 5.41) is 6.00. The van der Waals surface area contributed by atoms with Crippen molar-refractivity contribution in [3.8, 4) is 0 Å². The van der Waals surface area contributed by atoms with Crippen LogP contribution in [0, 0.1) is 209 Å². The first-order chi connectivity index (χ1) is 53.5. The smallest absolute Gasteiger partial charge is 0.653 e. The molecule has 4 aliphatic rings. The molecule has 1 radical (unpaired) electrons. The number of rotatable bonds is 6. The van der Waals surface area contributed by atoms with Gasteiger partial charge in [-0.3, -0.25) is 0 Å². The minimum atomic E-state index is -6.31. The van der Waals surface area contributed by atoms with Crippen molar-refractivity contribution in [2.24, 2.45) is 15.0 Å². The zero-order valence-electron chi connectivity index (χ0n) is 52.6. The van der Waals surface area contributed by atoms with Gasteiger partial charge in [-0.1, -0.05) is 33.5 Å². The van der Waals surface area contributed by atoms with Gasteiger partial charge < -0.3 is 20.1 Å². The number of hydrogen-bond acceptors (Lipinski definition) is 4. The number of benzene rings is 6. The monoisotopic (exact) mass is 1820 g/mol. The second-order valence-corrected chi connectivity index (χ2v) is 22.9. The predicted molar refractivity (Wildman–Crippen MR) is 292 cm³/mol. The molecule has 0 amide bonds. The van der Waals surface area contributed by atoms with E-state index in [9.17, 15) is 31.4 Å². The van der Waals surface area contributed by atoms with Gasteiger partial charge in [0.15, 0.2) is 175 Å². The summed E-state index contributed by atoms with van der Waals surface area (Å²) in [6.45, 7) is 0. The summed E-state index contributed by atoms with van der Waals surface area (Å²) in [6, 6.07) is 0. The van der Waals surface area contributed by atoms with Gasteiger partial charge in [-0.2, -0.15) is 0 Å². The molecule has 0 saturated carbocycles. The number of aliphatic hydroxyl groups is 1. The molecular weight excluding hydrogens is 1820 g/mol. The average Bonchev–Trinajstić information content (AvgIpc) is 1.54. The van der Waals surface area contributed by atoms with Crippen LogP contribution in [0.25, 0.3) is 27.9 Å². The summed E-state index contributed by atoms with van der Waals surface area (Å²) < 4.78 is 683. The van der Waals surface area contributed by atoms with Crippen molar-refractivity contribution < 1.29 is 224 Å². The van der Waals surface area contributed by atoms with E-state index in [1.807, 2.05) is 0 Å². The third kappa shape index (κ3) is 11.7. The number of nitrogens with zero attached hydrogens (tertiary/aromatic N) is 6. The number of aliphatic imine (C=N–C) groups is 3. The minimum absolute atomic E-state index is 0. The Balaban J connectivity index is 0.00000672. The second kappa shape index (κ2) is 29.2. The van der Waals surface area contributed by atoms with Crippen molar-refractivity contribution in [2.75, 3.05) is 0 Å². The number of halogens is 42. The van der Waals surface area contributed by atoms with Gasteiger partial charge in [-0.05, 0) is 0 Å². The maximum atomic E-state index is 17.5. The summed E-state index contributed by atoms with van der Waals surface area (Å²) in [5.41, 5.74) is -78.4. The standard InChI is InChI=1S/C66HF42N6O.2Cu/c67-12-1(13(68)25(80)36(91)24(12)79)6-54-42(97)44(99)56(109-54)7(2-14(69)26(81)37(92)27(82)15(2)70)58-46(101)48(103)60(111-58)9(4-18(73)30(85)39(94)31(86)19(4)74)62-50(105)52(107)64(113-62)66(115,11-22(77)34(89)41(96)35(90)23(11)78)65-53(108)51(106)63(114-65)10(5-20(75)32(87)40(95)33(88)21(5)76)61-49(104)47(102)59(112-61)8(57-45(100)43(98)55(6)110-57)3-16(71)28(83)38(93)29(84)17(3)72;;/h115H;;/q-3;+1;+2/b54-6+,56-7?,57-8+,60-9-,63-10?;;. The predicted octanol–water partition coefficient (Wildman–Crippen LogP) is 17.7. The van der Waals surface area contributed by atoms with Crippen LogP contribution in [-0.2, 0) is 39.7 Å². The van der Waals surface area contributed by atoms with E-state index in [-0.39, 0.29) is 34.1 Å². The maximum absolute atomic E-state index is 17.5. The minimum Gasteiger partial charge on any atom is -0.653 e. The van der Waals surface area contributed by atoms with Gasteiger partial charge in [-0.25, -0.2) is 199 Å². The first-order valence-electron chi connectivity index (χ1n) is 28.8. The summed E-state index contributed by atoms with van der Waals surface area (Å²) in [6.07, 6.45) is 0. The van der Waals surface area contributed by atoms with Crippen LogP contribution in [-0.4, -0.2) is 22.2 Å². The molecule has 3 aromatic heterocycles. The third-order valence-electron chi connectivity index (χ3n) is 16.9. The van der Waals surface area contributed by atoms with E-state index in [2.05, 4.69) is 29.9 Å². The normalized spacial score (nSPS) is 17.7. The Kier molecular flexibility index (Phi) is 21.6. The zero-order valence-corrected chi connectivity index (χ0v) is 54.5. The zero-order chi connectivity index (χ0) is 85.3. The van der Waals surface area contributed by atoms with E-state index < -0.39 is 379 Å². The molecule has 0 spiro atoms. The fourth-order valence-electron chi connectivity index (χ4n) is 11.8. The third-order valence-corrected chi connectivity index (χ3v) is 16.9. The van der Waals surface area contributed by atoms with Crippen LogP contribution in [0.5, 0.6) is 0 Å². The maximum Gasteiger partial charge on any atom is 2.00 e. The van der Waals surface area contributed by atoms with E-state index in [4.69, 9.17) is 0 Å². The molecule has 7 nitrogen and oxygen atoms in total. The Labute approximate surface area is 630 Å². The molecule has 9 aromatic rings. The first-order valence-corrected chi connectivity index (χ1v) is 28.8. The van der Waals surface area contributed by atoms with Crippen molar-refractivity contribution in [1.29, 1.82) is 0 Å². The van der Waals surface area contributed by atoms with Gasteiger partial charge in [0, 0.05) is 27.9 Å². The Bertz CT molecular complexity index is 6460. The Hall–Kier alpha value is -11.6. The van der Waals surface area contributed by atoms with Crippen LogP contribution in [0.4, 0.5) is 184 Å². The van der Waals surface area contributed by atoms with Crippen LogP contribution < -0.4 is 25.7 Å². The van der Waals surface area contributed by atoms with E-state index >= 15 is 158 Å². The summed E-state index contributed by atoms with van der Waals surface area (Å²) >= 11 is 0. The van der Waals surface area contributed by atoms with Crippen molar-refractivity contribution in [2.45, 2.75) is 5.60 Å². The molecule has 12 bridgehead atoms. The molecule has 1 atom stereocenters. The molecule has 0 saturated heterocycles. The average molecular weight is 1820 g/mol. The van der Waals surface area contributed by atoms with Gasteiger partial charge in [0.1, 0.15) is 74.7 Å². The van der Waals surface area contributed by atoms with Crippen LogP contribution in [0.3, 0.4) is 0 Å². The van der Waals surface area contributed by atoms with Crippen LogP contribution >= 0.6 is 0 Å². The van der Waals surface area contributed by atoms with Crippen LogP contribution in [0.15, 0.2) is 67.0 Å². The first kappa shape index (κ1) is 86.3. The van der Waals surface area contributed by atoms with Crippen molar-refractivity contribution in [3.63, 3.8) is 0 Å². The molecule has 51 heteroatoms. The molecule has 7 heterocycles. The number of hydrogen-bond donors (Lipinski definition) is 1. The molecule has 617 valence electrons. The van der Waals surface area contributed by atoms with E-state index in [0.29, 0.717) is 0 Å². The molecule has 0 aliphatic carbocycles. The number of allylic oxidation sites excluding steroid dienone is 5. The van der Waals surface area contributed by atoms with Crippen molar-refractivity contribution >= 4 is 45.0 Å². The quantitative estimate of drug-likeness (QED) is 0.0776. The molecule has 117 heavy (non-hydrogen) atoms. The largest absolute Gasteiger partial charge is 2.00 e. The van der Waals surface area contributed by atoms with Gasteiger partial charge in [-0.15, -0.1) is 0 Å². The molecule has 1 unspecified atom stereocenters. The fourth-order valence-corrected chi connectivity index (χ4v) is 11.8. The van der Waals surface area contributed by atoms with Crippen LogP contribution in [0.1, 0.15) is 56.2 Å². The van der Waals surface area contributed by atoms with Gasteiger partial charge >= 0.3 is 34.1 Å². The molecule has 0 fully saturated rings. The summed E-state index contributed by atoms with van der Waals surface area (Å²) in [4.78, 5) is 15.5. The summed E-state index contributed by atoms with van der Waals surface area (Å²) in [5.74, 6) is -157. The van der Waals surface area contributed by atoms with Crippen molar-refractivity contribution in [1.82, 2.24) is 15.0 Å². The molecule has 4 aliphatic heterocycles.